The first-order valence-electron chi connectivity index (χ1n) is 5.72. The molecule has 0 saturated carbocycles. The Balaban J connectivity index is 2.32. The summed E-state index contributed by atoms with van der Waals surface area (Å²) in [4.78, 5) is 4.24. The molecule has 1 aromatic carbocycles. The van der Waals surface area contributed by atoms with Gasteiger partial charge in [-0.15, -0.1) is 0 Å². The van der Waals surface area contributed by atoms with Crippen molar-refractivity contribution in [3.05, 3.63) is 52.3 Å². The summed E-state index contributed by atoms with van der Waals surface area (Å²) in [6.45, 7) is 5.73. The van der Waals surface area contributed by atoms with Crippen molar-refractivity contribution >= 4 is 12.1 Å². The first-order chi connectivity index (χ1) is 8.61. The van der Waals surface area contributed by atoms with Gasteiger partial charge in [0.05, 0.1) is 0 Å². The molecule has 0 bridgehead atoms. The Kier molecular flexibility index (Phi) is 3.29. The summed E-state index contributed by atoms with van der Waals surface area (Å²) in [6.07, 6.45) is 1.71. The minimum absolute atomic E-state index is 0.382. The number of aliphatic imine (C=N–C) groups is 1. The van der Waals surface area contributed by atoms with Gasteiger partial charge in [0.15, 0.2) is 0 Å². The Morgan fingerprint density at radius 3 is 2.44 bits per heavy atom. The van der Waals surface area contributed by atoms with Gasteiger partial charge in [0, 0.05) is 11.8 Å². The van der Waals surface area contributed by atoms with Crippen molar-refractivity contribution in [3.63, 3.8) is 0 Å². The van der Waals surface area contributed by atoms with E-state index in [-0.39, 0.29) is 0 Å². The molecule has 0 aliphatic heterocycles. The number of benzene rings is 1. The normalized spacial score (nSPS) is 10.8. The zero-order valence-electron chi connectivity index (χ0n) is 10.7. The van der Waals surface area contributed by atoms with Crippen molar-refractivity contribution in [1.82, 2.24) is 0 Å². The van der Waals surface area contributed by atoms with Gasteiger partial charge in [-0.2, -0.15) is 5.26 Å². The summed E-state index contributed by atoms with van der Waals surface area (Å²) >= 11 is 0. The quantitative estimate of drug-likeness (QED) is 0.746. The average molecular weight is 238 g/mol. The summed E-state index contributed by atoms with van der Waals surface area (Å²) in [7, 11) is 0. The average Bonchev–Trinajstić information content (AvgIpc) is 2.64. The van der Waals surface area contributed by atoms with Gasteiger partial charge in [-0.1, -0.05) is 29.8 Å². The zero-order chi connectivity index (χ0) is 13.1. The first-order valence-corrected chi connectivity index (χ1v) is 5.72. The van der Waals surface area contributed by atoms with Gasteiger partial charge in [0.2, 0.25) is 5.88 Å². The lowest BCUT2D eigenvalue weighted by Gasteiger charge is -1.93. The summed E-state index contributed by atoms with van der Waals surface area (Å²) in [5.74, 6) is 1.12. The van der Waals surface area contributed by atoms with Crippen LogP contribution in [0.15, 0.2) is 33.7 Å². The van der Waals surface area contributed by atoms with E-state index >= 15 is 0 Å². The van der Waals surface area contributed by atoms with Crippen LogP contribution in [0, 0.1) is 32.1 Å². The maximum atomic E-state index is 9.06. The number of furan rings is 1. The fourth-order valence-corrected chi connectivity index (χ4v) is 1.62. The van der Waals surface area contributed by atoms with Gasteiger partial charge in [-0.25, -0.2) is 4.99 Å². The maximum Gasteiger partial charge on any atom is 0.237 e. The van der Waals surface area contributed by atoms with Crippen LogP contribution in [0.5, 0.6) is 0 Å². The zero-order valence-corrected chi connectivity index (χ0v) is 10.7. The van der Waals surface area contributed by atoms with Crippen molar-refractivity contribution in [3.8, 4) is 6.07 Å². The molecule has 1 heterocycles. The Hall–Kier alpha value is -2.34. The van der Waals surface area contributed by atoms with E-state index in [1.165, 1.54) is 5.56 Å². The van der Waals surface area contributed by atoms with E-state index in [9.17, 15) is 0 Å². The van der Waals surface area contributed by atoms with Crippen LogP contribution < -0.4 is 0 Å². The predicted molar refractivity (Wildman–Crippen MR) is 71.3 cm³/mol. The van der Waals surface area contributed by atoms with Crippen molar-refractivity contribution in [2.24, 2.45) is 4.99 Å². The molecule has 0 amide bonds. The Labute approximate surface area is 106 Å². The number of hydrogen-bond donors (Lipinski definition) is 0. The third-order valence-corrected chi connectivity index (χ3v) is 2.89. The van der Waals surface area contributed by atoms with Gasteiger partial charge in [0.1, 0.15) is 17.4 Å². The number of rotatable bonds is 2. The monoisotopic (exact) mass is 238 g/mol. The Bertz CT molecular complexity index is 628. The van der Waals surface area contributed by atoms with Gasteiger partial charge in [-0.3, -0.25) is 0 Å². The third-order valence-electron chi connectivity index (χ3n) is 2.89. The second kappa shape index (κ2) is 4.89. The van der Waals surface area contributed by atoms with Crippen LogP contribution in [0.25, 0.3) is 0 Å². The van der Waals surface area contributed by atoms with Gasteiger partial charge in [0.25, 0.3) is 0 Å². The smallest absolute Gasteiger partial charge is 0.237 e. The molecule has 0 N–H and O–H groups in total. The van der Waals surface area contributed by atoms with Crippen molar-refractivity contribution in [2.75, 3.05) is 0 Å². The number of aryl methyl sites for hydroxylation is 2. The number of hydrogen-bond acceptors (Lipinski definition) is 3. The van der Waals surface area contributed by atoms with E-state index in [4.69, 9.17) is 9.68 Å². The largest absolute Gasteiger partial charge is 0.442 e. The lowest BCUT2D eigenvalue weighted by Crippen LogP contribution is -1.81. The van der Waals surface area contributed by atoms with Crippen LogP contribution in [0.1, 0.15) is 28.0 Å². The van der Waals surface area contributed by atoms with Crippen LogP contribution >= 0.6 is 0 Å². The second-order valence-electron chi connectivity index (χ2n) is 4.24. The lowest BCUT2D eigenvalue weighted by atomic mass is 10.2. The van der Waals surface area contributed by atoms with Gasteiger partial charge in [-0.05, 0) is 26.3 Å². The molecule has 3 heteroatoms. The molecule has 1 aromatic heterocycles. The summed E-state index contributed by atoms with van der Waals surface area (Å²) in [5.41, 5.74) is 3.55. The minimum atomic E-state index is 0.382. The molecule has 0 aliphatic carbocycles. The molecular formula is C15H14N2O. The molecule has 3 nitrogen and oxygen atoms in total. The molecule has 90 valence electrons. The first kappa shape index (κ1) is 12.1. The standard InChI is InChI=1S/C15H14N2O/c1-10-4-6-13(7-5-10)9-17-15-14(8-16)11(2)12(3)18-15/h4-7,9H,1-3H3. The summed E-state index contributed by atoms with van der Waals surface area (Å²) in [6, 6.07) is 10.1. The molecule has 0 spiro atoms. The van der Waals surface area contributed by atoms with Crippen molar-refractivity contribution < 1.29 is 4.42 Å². The highest BCUT2D eigenvalue weighted by Gasteiger charge is 2.12. The van der Waals surface area contributed by atoms with E-state index < -0.39 is 0 Å². The SMILES string of the molecule is Cc1ccc(C=Nc2oc(C)c(C)c2C#N)cc1. The molecule has 0 fully saturated rings. The van der Waals surface area contributed by atoms with E-state index in [1.54, 1.807) is 6.21 Å². The summed E-state index contributed by atoms with van der Waals surface area (Å²) in [5, 5.41) is 9.06. The molecule has 0 atom stereocenters. The molecule has 0 aliphatic rings. The highest BCUT2D eigenvalue weighted by Crippen LogP contribution is 2.27. The fraction of sp³-hybridized carbons (Fsp3) is 0.200. The van der Waals surface area contributed by atoms with Crippen molar-refractivity contribution in [1.29, 1.82) is 5.26 Å². The van der Waals surface area contributed by atoms with Crippen LogP contribution in [-0.2, 0) is 0 Å². The number of nitrogens with zero attached hydrogens (tertiary/aromatic N) is 2. The molecule has 2 rings (SSSR count). The molecule has 18 heavy (non-hydrogen) atoms. The maximum absolute atomic E-state index is 9.06. The molecule has 0 saturated heterocycles. The van der Waals surface area contributed by atoms with Crippen LogP contribution in [0.4, 0.5) is 5.88 Å². The second-order valence-corrected chi connectivity index (χ2v) is 4.24. The molecule has 0 unspecified atom stereocenters. The summed E-state index contributed by atoms with van der Waals surface area (Å²) < 4.78 is 5.46. The topological polar surface area (TPSA) is 49.3 Å². The van der Waals surface area contributed by atoms with Crippen LogP contribution in [0.3, 0.4) is 0 Å². The van der Waals surface area contributed by atoms with E-state index in [0.29, 0.717) is 11.4 Å². The van der Waals surface area contributed by atoms with E-state index in [2.05, 4.69) is 11.1 Å². The van der Waals surface area contributed by atoms with Crippen LogP contribution in [-0.4, -0.2) is 6.21 Å². The fourth-order valence-electron chi connectivity index (χ4n) is 1.62. The van der Waals surface area contributed by atoms with E-state index in [1.807, 2.05) is 45.0 Å². The highest BCUT2D eigenvalue weighted by atomic mass is 16.4. The number of nitriles is 1. The lowest BCUT2D eigenvalue weighted by molar-refractivity contribution is 0.542. The van der Waals surface area contributed by atoms with Crippen LogP contribution in [0.2, 0.25) is 0 Å². The molecular weight excluding hydrogens is 224 g/mol. The molecule has 0 radical (unpaired) electrons. The van der Waals surface area contributed by atoms with Gasteiger partial charge >= 0.3 is 0 Å². The Morgan fingerprint density at radius 1 is 1.17 bits per heavy atom. The predicted octanol–water partition coefficient (Wildman–Crippen LogP) is 3.83. The highest BCUT2D eigenvalue weighted by molar-refractivity contribution is 5.82. The Morgan fingerprint density at radius 2 is 1.83 bits per heavy atom. The van der Waals surface area contributed by atoms with E-state index in [0.717, 1.165) is 16.9 Å². The minimum Gasteiger partial charge on any atom is -0.442 e. The molecule has 2 aromatic rings. The van der Waals surface area contributed by atoms with Gasteiger partial charge < -0.3 is 4.42 Å². The van der Waals surface area contributed by atoms with Crippen molar-refractivity contribution in [2.45, 2.75) is 20.8 Å². The third kappa shape index (κ3) is 2.33.